The molecule has 102 valence electrons. The first-order chi connectivity index (χ1) is 9.24. The topological polar surface area (TPSA) is 76.7 Å². The first kappa shape index (κ1) is 13.5. The molecule has 0 aliphatic carbocycles. The molecule has 2 aromatic rings. The number of hydrogen-bond acceptors (Lipinski definition) is 5. The summed E-state index contributed by atoms with van der Waals surface area (Å²) in [7, 11) is 0. The maximum Gasteiger partial charge on any atom is 0.222 e. The Balaban J connectivity index is 2.28. The van der Waals surface area contributed by atoms with Gasteiger partial charge in [-0.3, -0.25) is 4.98 Å². The average Bonchev–Trinajstić information content (AvgIpc) is 2.43. The van der Waals surface area contributed by atoms with Crippen LogP contribution >= 0.6 is 0 Å². The molecule has 2 heterocycles. The number of nitrogens with two attached hydrogens (primary N) is 1. The monoisotopic (exact) mass is 259 g/mol. The van der Waals surface area contributed by atoms with E-state index in [0.29, 0.717) is 6.04 Å². The van der Waals surface area contributed by atoms with Crippen LogP contribution in [0.4, 0.5) is 11.8 Å². The van der Waals surface area contributed by atoms with Gasteiger partial charge in [-0.1, -0.05) is 26.7 Å². The lowest BCUT2D eigenvalue weighted by molar-refractivity contribution is 0.592. The summed E-state index contributed by atoms with van der Waals surface area (Å²) in [6.07, 6.45) is 6.34. The first-order valence-electron chi connectivity index (χ1n) is 6.89. The van der Waals surface area contributed by atoms with Crippen molar-refractivity contribution in [1.82, 2.24) is 15.0 Å². The second kappa shape index (κ2) is 6.31. The molecule has 1 atom stereocenters. The highest BCUT2D eigenvalue weighted by Crippen LogP contribution is 2.20. The number of fused-ring (bicyclic) bond motifs is 1. The van der Waals surface area contributed by atoms with E-state index in [1.165, 1.54) is 12.8 Å². The summed E-state index contributed by atoms with van der Waals surface area (Å²) in [6.45, 7) is 4.37. The minimum atomic E-state index is 0.286. The second-order valence-corrected chi connectivity index (χ2v) is 4.69. The molecule has 0 fully saturated rings. The van der Waals surface area contributed by atoms with Gasteiger partial charge in [0.2, 0.25) is 5.95 Å². The molecule has 0 saturated carbocycles. The number of rotatable bonds is 6. The zero-order valence-corrected chi connectivity index (χ0v) is 11.6. The van der Waals surface area contributed by atoms with Gasteiger partial charge in [-0.05, 0) is 25.0 Å². The number of aromatic nitrogens is 3. The number of nitrogens with zero attached hydrogens (tertiary/aromatic N) is 3. The molecule has 0 aliphatic rings. The molecular weight excluding hydrogens is 238 g/mol. The molecule has 0 aliphatic heterocycles. The van der Waals surface area contributed by atoms with Crippen molar-refractivity contribution in [2.24, 2.45) is 0 Å². The number of pyridine rings is 1. The molecule has 19 heavy (non-hydrogen) atoms. The van der Waals surface area contributed by atoms with Crippen LogP contribution in [-0.2, 0) is 0 Å². The number of hydrogen-bond donors (Lipinski definition) is 2. The Labute approximate surface area is 113 Å². The van der Waals surface area contributed by atoms with Crippen LogP contribution in [0.5, 0.6) is 0 Å². The molecule has 0 amide bonds. The fraction of sp³-hybridized carbons (Fsp3) is 0.500. The van der Waals surface area contributed by atoms with Gasteiger partial charge in [0.05, 0.1) is 5.52 Å². The Kier molecular flexibility index (Phi) is 4.49. The van der Waals surface area contributed by atoms with Crippen LogP contribution < -0.4 is 11.1 Å². The normalized spacial score (nSPS) is 12.5. The molecule has 5 nitrogen and oxygen atoms in total. The summed E-state index contributed by atoms with van der Waals surface area (Å²) in [5.41, 5.74) is 7.32. The summed E-state index contributed by atoms with van der Waals surface area (Å²) in [4.78, 5) is 12.8. The van der Waals surface area contributed by atoms with E-state index in [4.69, 9.17) is 5.73 Å². The molecule has 0 aromatic carbocycles. The van der Waals surface area contributed by atoms with E-state index in [0.717, 1.165) is 29.7 Å². The fourth-order valence-electron chi connectivity index (χ4n) is 2.11. The van der Waals surface area contributed by atoms with Crippen LogP contribution in [0.2, 0.25) is 0 Å². The van der Waals surface area contributed by atoms with E-state index < -0.39 is 0 Å². The van der Waals surface area contributed by atoms with Gasteiger partial charge in [0.15, 0.2) is 5.82 Å². The zero-order chi connectivity index (χ0) is 13.7. The molecule has 0 radical (unpaired) electrons. The highest BCUT2D eigenvalue weighted by molar-refractivity contribution is 5.85. The zero-order valence-electron chi connectivity index (χ0n) is 11.6. The molecule has 0 bridgehead atoms. The molecule has 2 aromatic heterocycles. The molecule has 1 unspecified atom stereocenters. The van der Waals surface area contributed by atoms with Crippen molar-refractivity contribution in [2.75, 3.05) is 11.1 Å². The van der Waals surface area contributed by atoms with E-state index in [1.54, 1.807) is 6.20 Å². The highest BCUT2D eigenvalue weighted by atomic mass is 15.1. The van der Waals surface area contributed by atoms with Crippen LogP contribution in [0, 0.1) is 0 Å². The number of nitrogens with one attached hydrogen (secondary N) is 1. The van der Waals surface area contributed by atoms with E-state index in [9.17, 15) is 0 Å². The van der Waals surface area contributed by atoms with Crippen molar-refractivity contribution >= 4 is 22.8 Å². The lowest BCUT2D eigenvalue weighted by Gasteiger charge is -2.18. The summed E-state index contributed by atoms with van der Waals surface area (Å²) >= 11 is 0. The van der Waals surface area contributed by atoms with Gasteiger partial charge in [-0.25, -0.2) is 4.98 Å². The van der Waals surface area contributed by atoms with Crippen LogP contribution in [0.15, 0.2) is 18.3 Å². The van der Waals surface area contributed by atoms with Gasteiger partial charge < -0.3 is 11.1 Å². The van der Waals surface area contributed by atoms with Crippen LogP contribution in [-0.4, -0.2) is 21.0 Å². The number of nitrogen functional groups attached to an aromatic ring is 1. The third kappa shape index (κ3) is 3.30. The molecule has 2 rings (SSSR count). The van der Waals surface area contributed by atoms with Crippen molar-refractivity contribution in [1.29, 1.82) is 0 Å². The number of anilines is 2. The molecule has 0 saturated heterocycles. The minimum absolute atomic E-state index is 0.286. The second-order valence-electron chi connectivity index (χ2n) is 4.69. The average molecular weight is 259 g/mol. The standard InChI is InChI=1S/C14H21N5/c1-3-5-7-10(4-2)17-13-12-11(8-6-9-16-12)18-14(15)19-13/h6,8-10H,3-5,7H2,1-2H3,(H3,15,17,18,19). The third-order valence-electron chi connectivity index (χ3n) is 3.21. The summed E-state index contributed by atoms with van der Waals surface area (Å²) < 4.78 is 0. The Hall–Kier alpha value is -1.91. The van der Waals surface area contributed by atoms with E-state index in [1.807, 2.05) is 12.1 Å². The van der Waals surface area contributed by atoms with Crippen molar-refractivity contribution in [3.05, 3.63) is 18.3 Å². The summed E-state index contributed by atoms with van der Waals surface area (Å²) in [5.74, 6) is 1.03. The van der Waals surface area contributed by atoms with Gasteiger partial charge in [0, 0.05) is 12.2 Å². The first-order valence-corrected chi connectivity index (χ1v) is 6.89. The van der Waals surface area contributed by atoms with Gasteiger partial charge >= 0.3 is 0 Å². The van der Waals surface area contributed by atoms with Crippen molar-refractivity contribution in [3.63, 3.8) is 0 Å². The van der Waals surface area contributed by atoms with Gasteiger partial charge in [-0.2, -0.15) is 4.98 Å². The van der Waals surface area contributed by atoms with E-state index >= 15 is 0 Å². The van der Waals surface area contributed by atoms with E-state index in [2.05, 4.69) is 34.1 Å². The highest BCUT2D eigenvalue weighted by Gasteiger charge is 2.11. The Morgan fingerprint density at radius 3 is 2.89 bits per heavy atom. The largest absolute Gasteiger partial charge is 0.368 e. The van der Waals surface area contributed by atoms with Gasteiger partial charge in [-0.15, -0.1) is 0 Å². The van der Waals surface area contributed by atoms with Crippen molar-refractivity contribution < 1.29 is 0 Å². The van der Waals surface area contributed by atoms with Crippen LogP contribution in [0.1, 0.15) is 39.5 Å². The van der Waals surface area contributed by atoms with Crippen molar-refractivity contribution in [2.45, 2.75) is 45.6 Å². The molecule has 3 N–H and O–H groups in total. The van der Waals surface area contributed by atoms with Crippen molar-refractivity contribution in [3.8, 4) is 0 Å². The molecule has 5 heteroatoms. The lowest BCUT2D eigenvalue weighted by Crippen LogP contribution is -2.20. The molecule has 0 spiro atoms. The Morgan fingerprint density at radius 2 is 2.16 bits per heavy atom. The number of unbranched alkanes of at least 4 members (excludes halogenated alkanes) is 1. The smallest absolute Gasteiger partial charge is 0.222 e. The Morgan fingerprint density at radius 1 is 1.32 bits per heavy atom. The maximum atomic E-state index is 5.75. The third-order valence-corrected chi connectivity index (χ3v) is 3.21. The molecular formula is C14H21N5. The van der Waals surface area contributed by atoms with Gasteiger partial charge in [0.25, 0.3) is 0 Å². The maximum absolute atomic E-state index is 5.75. The lowest BCUT2D eigenvalue weighted by atomic mass is 10.1. The summed E-state index contributed by atoms with van der Waals surface area (Å²) in [6, 6.07) is 4.16. The van der Waals surface area contributed by atoms with Gasteiger partial charge in [0.1, 0.15) is 5.52 Å². The minimum Gasteiger partial charge on any atom is -0.368 e. The predicted octanol–water partition coefficient (Wildman–Crippen LogP) is 2.99. The Bertz CT molecular complexity index is 540. The van der Waals surface area contributed by atoms with Crippen LogP contribution in [0.3, 0.4) is 0 Å². The van der Waals surface area contributed by atoms with Crippen LogP contribution in [0.25, 0.3) is 11.0 Å². The predicted molar refractivity (Wildman–Crippen MR) is 79.0 cm³/mol. The fourth-order valence-corrected chi connectivity index (χ4v) is 2.11. The van der Waals surface area contributed by atoms with E-state index in [-0.39, 0.29) is 5.95 Å². The SMILES string of the molecule is CCCCC(CC)Nc1nc(N)nc2cccnc12. The quantitative estimate of drug-likeness (QED) is 0.834. The summed E-state index contributed by atoms with van der Waals surface area (Å²) in [5, 5.41) is 3.45.